The Hall–Kier alpha value is -1.82. The standard InChI is InChI=1S/C11H7BrO5/c12-7-3-1-6(2-4-7)10-8(5-9(13)14)16-11(15)17-10/h1-4H,5H2,(H,13,14). The maximum atomic E-state index is 11.0. The lowest BCUT2D eigenvalue weighted by molar-refractivity contribution is -0.136. The van der Waals surface area contributed by atoms with Gasteiger partial charge in [-0.05, 0) is 24.3 Å². The molecule has 1 aromatic carbocycles. The number of carboxylic acids is 1. The molecule has 2 aromatic rings. The summed E-state index contributed by atoms with van der Waals surface area (Å²) in [7, 11) is 0. The van der Waals surface area contributed by atoms with Crippen molar-refractivity contribution in [1.29, 1.82) is 0 Å². The molecule has 0 bridgehead atoms. The van der Waals surface area contributed by atoms with Gasteiger partial charge in [-0.3, -0.25) is 4.79 Å². The Balaban J connectivity index is 2.47. The van der Waals surface area contributed by atoms with Gasteiger partial charge in [0.2, 0.25) is 0 Å². The highest BCUT2D eigenvalue weighted by atomic mass is 79.9. The molecule has 17 heavy (non-hydrogen) atoms. The number of rotatable bonds is 3. The van der Waals surface area contributed by atoms with Gasteiger partial charge in [-0.2, -0.15) is 0 Å². The van der Waals surface area contributed by atoms with E-state index in [1.165, 1.54) is 0 Å². The maximum absolute atomic E-state index is 11.0. The van der Waals surface area contributed by atoms with Gasteiger partial charge >= 0.3 is 11.8 Å². The summed E-state index contributed by atoms with van der Waals surface area (Å²) in [4.78, 5) is 21.6. The molecule has 2 rings (SSSR count). The van der Waals surface area contributed by atoms with Gasteiger partial charge in [0.05, 0.1) is 0 Å². The highest BCUT2D eigenvalue weighted by Crippen LogP contribution is 2.24. The number of hydrogen-bond acceptors (Lipinski definition) is 4. The Morgan fingerprint density at radius 1 is 1.24 bits per heavy atom. The van der Waals surface area contributed by atoms with E-state index in [-0.39, 0.29) is 11.5 Å². The summed E-state index contributed by atoms with van der Waals surface area (Å²) in [5, 5.41) is 8.68. The molecule has 5 nitrogen and oxygen atoms in total. The summed E-state index contributed by atoms with van der Waals surface area (Å²) in [5.74, 6) is -1.82. The first kappa shape index (κ1) is 11.7. The van der Waals surface area contributed by atoms with Gasteiger partial charge in [-0.25, -0.2) is 4.79 Å². The van der Waals surface area contributed by atoms with Gasteiger partial charge in [0, 0.05) is 10.0 Å². The minimum Gasteiger partial charge on any atom is -0.481 e. The van der Waals surface area contributed by atoms with Crippen LogP contribution in [0.4, 0.5) is 0 Å². The van der Waals surface area contributed by atoms with Gasteiger partial charge in [0.15, 0.2) is 11.5 Å². The lowest BCUT2D eigenvalue weighted by Crippen LogP contribution is -2.00. The van der Waals surface area contributed by atoms with Crippen molar-refractivity contribution in [2.45, 2.75) is 6.42 Å². The zero-order valence-electron chi connectivity index (χ0n) is 8.47. The van der Waals surface area contributed by atoms with Crippen molar-refractivity contribution in [1.82, 2.24) is 0 Å². The molecule has 0 aliphatic heterocycles. The first-order valence-electron chi connectivity index (χ1n) is 4.67. The van der Waals surface area contributed by atoms with Crippen LogP contribution < -0.4 is 5.82 Å². The van der Waals surface area contributed by atoms with Crippen LogP contribution in [0.5, 0.6) is 0 Å². The van der Waals surface area contributed by atoms with Crippen molar-refractivity contribution in [2.75, 3.05) is 0 Å². The van der Waals surface area contributed by atoms with Crippen molar-refractivity contribution < 1.29 is 18.7 Å². The molecule has 0 radical (unpaired) electrons. The maximum Gasteiger partial charge on any atom is 0.519 e. The van der Waals surface area contributed by atoms with E-state index in [4.69, 9.17) is 13.9 Å². The van der Waals surface area contributed by atoms with E-state index >= 15 is 0 Å². The van der Waals surface area contributed by atoms with Crippen molar-refractivity contribution in [3.05, 3.63) is 45.1 Å². The third-order valence-electron chi connectivity index (χ3n) is 2.06. The number of halogens is 1. The molecule has 0 atom stereocenters. The van der Waals surface area contributed by atoms with Crippen molar-refractivity contribution in [3.63, 3.8) is 0 Å². The van der Waals surface area contributed by atoms with Crippen molar-refractivity contribution in [3.8, 4) is 11.3 Å². The summed E-state index contributed by atoms with van der Waals surface area (Å²) in [6.07, 6.45) is -0.392. The second-order valence-corrected chi connectivity index (χ2v) is 4.20. The van der Waals surface area contributed by atoms with Gasteiger partial charge in [-0.1, -0.05) is 15.9 Å². The predicted molar refractivity (Wildman–Crippen MR) is 61.7 cm³/mol. The molecule has 88 valence electrons. The van der Waals surface area contributed by atoms with Crippen LogP contribution in [0.1, 0.15) is 5.76 Å². The Morgan fingerprint density at radius 3 is 2.47 bits per heavy atom. The van der Waals surface area contributed by atoms with Crippen LogP contribution in [0.3, 0.4) is 0 Å². The molecule has 0 amide bonds. The summed E-state index contributed by atoms with van der Waals surface area (Å²) in [5.41, 5.74) is 0.593. The fourth-order valence-electron chi connectivity index (χ4n) is 1.38. The molecule has 6 heteroatoms. The smallest absolute Gasteiger partial charge is 0.481 e. The third-order valence-corrected chi connectivity index (χ3v) is 2.59. The van der Waals surface area contributed by atoms with Crippen LogP contribution >= 0.6 is 15.9 Å². The average molecular weight is 299 g/mol. The average Bonchev–Trinajstić information content (AvgIpc) is 2.59. The van der Waals surface area contributed by atoms with E-state index in [0.717, 1.165) is 4.47 Å². The summed E-state index contributed by atoms with van der Waals surface area (Å²) < 4.78 is 10.4. The molecule has 0 aliphatic carbocycles. The minimum atomic E-state index is -1.09. The minimum absolute atomic E-state index is 0.0184. The number of carboxylic acid groups (broad SMARTS) is 1. The zero-order chi connectivity index (χ0) is 12.4. The third kappa shape index (κ3) is 2.65. The van der Waals surface area contributed by atoms with Crippen LogP contribution in [-0.4, -0.2) is 11.1 Å². The molecule has 0 unspecified atom stereocenters. The largest absolute Gasteiger partial charge is 0.519 e. The van der Waals surface area contributed by atoms with E-state index < -0.39 is 18.2 Å². The molecule has 1 aromatic heterocycles. The number of carbonyl (C=O) groups is 1. The second kappa shape index (κ2) is 4.58. The van der Waals surface area contributed by atoms with E-state index in [0.29, 0.717) is 5.56 Å². The first-order chi connectivity index (χ1) is 8.06. The van der Waals surface area contributed by atoms with Crippen LogP contribution in [0.15, 0.2) is 42.4 Å². The Labute approximate surface area is 104 Å². The van der Waals surface area contributed by atoms with E-state index in [1.54, 1.807) is 24.3 Å². The second-order valence-electron chi connectivity index (χ2n) is 3.28. The molecule has 1 heterocycles. The normalized spacial score (nSPS) is 10.4. The summed E-state index contributed by atoms with van der Waals surface area (Å²) >= 11 is 3.27. The summed E-state index contributed by atoms with van der Waals surface area (Å²) in [6, 6.07) is 6.91. The highest BCUT2D eigenvalue weighted by Gasteiger charge is 2.17. The lowest BCUT2D eigenvalue weighted by Gasteiger charge is -1.98. The van der Waals surface area contributed by atoms with Gasteiger partial charge < -0.3 is 13.9 Å². The Morgan fingerprint density at radius 2 is 1.88 bits per heavy atom. The molecule has 0 spiro atoms. The molecular formula is C11H7BrO5. The fourth-order valence-corrected chi connectivity index (χ4v) is 1.65. The lowest BCUT2D eigenvalue weighted by atomic mass is 10.1. The fraction of sp³-hybridized carbons (Fsp3) is 0.0909. The molecule has 0 saturated carbocycles. The van der Waals surface area contributed by atoms with E-state index in [2.05, 4.69) is 15.9 Å². The van der Waals surface area contributed by atoms with E-state index in [9.17, 15) is 9.59 Å². The molecule has 0 saturated heterocycles. The number of aliphatic carboxylic acids is 1. The first-order valence-corrected chi connectivity index (χ1v) is 5.46. The Kier molecular flexibility index (Phi) is 3.14. The zero-order valence-corrected chi connectivity index (χ0v) is 10.1. The highest BCUT2D eigenvalue weighted by molar-refractivity contribution is 9.10. The predicted octanol–water partition coefficient (Wildman–Crippen LogP) is 2.29. The SMILES string of the molecule is O=C(O)Cc1oc(=O)oc1-c1ccc(Br)cc1. The van der Waals surface area contributed by atoms with Crippen LogP contribution in [0.25, 0.3) is 11.3 Å². The Bertz CT molecular complexity index is 593. The topological polar surface area (TPSA) is 80.6 Å². The molecule has 0 aliphatic rings. The van der Waals surface area contributed by atoms with Gasteiger partial charge in [0.1, 0.15) is 6.42 Å². The van der Waals surface area contributed by atoms with Crippen molar-refractivity contribution in [2.24, 2.45) is 0 Å². The molecule has 1 N–H and O–H groups in total. The van der Waals surface area contributed by atoms with Crippen molar-refractivity contribution >= 4 is 21.9 Å². The molecule has 0 fully saturated rings. The quantitative estimate of drug-likeness (QED) is 0.940. The molecular weight excluding hydrogens is 292 g/mol. The van der Waals surface area contributed by atoms with Crippen LogP contribution in [0.2, 0.25) is 0 Å². The number of benzene rings is 1. The van der Waals surface area contributed by atoms with E-state index in [1.807, 2.05) is 0 Å². The summed E-state index contributed by atoms with van der Waals surface area (Å²) in [6.45, 7) is 0. The van der Waals surface area contributed by atoms with Crippen LogP contribution in [-0.2, 0) is 11.2 Å². The van der Waals surface area contributed by atoms with Crippen LogP contribution in [0, 0.1) is 0 Å². The monoisotopic (exact) mass is 298 g/mol. The van der Waals surface area contributed by atoms with Gasteiger partial charge in [0.25, 0.3) is 0 Å². The number of hydrogen-bond donors (Lipinski definition) is 1. The van der Waals surface area contributed by atoms with Gasteiger partial charge in [-0.15, -0.1) is 0 Å².